The normalized spacial score (nSPS) is 23.1. The van der Waals surface area contributed by atoms with Crippen molar-refractivity contribution >= 4 is 28.8 Å². The number of likely N-dealkylation sites (tertiary alicyclic amines) is 2. The minimum atomic E-state index is -0.856. The van der Waals surface area contributed by atoms with Crippen molar-refractivity contribution in [3.63, 3.8) is 0 Å². The third-order valence-electron chi connectivity index (χ3n) is 10.7. The highest BCUT2D eigenvalue weighted by Gasteiger charge is 2.54. The number of fused-ring (bicyclic) bond motifs is 2. The van der Waals surface area contributed by atoms with Gasteiger partial charge >= 0.3 is 6.09 Å². The molecule has 2 aliphatic heterocycles. The number of aromatic nitrogens is 1. The maximum absolute atomic E-state index is 14.6. The van der Waals surface area contributed by atoms with Crippen molar-refractivity contribution in [1.29, 1.82) is 0 Å². The molecule has 6 rings (SSSR count). The lowest BCUT2D eigenvalue weighted by molar-refractivity contribution is -0.141. The molecule has 3 amide bonds. The van der Waals surface area contributed by atoms with Gasteiger partial charge in [0.15, 0.2) is 0 Å². The molecule has 4 unspecified atom stereocenters. The predicted octanol–water partition coefficient (Wildman–Crippen LogP) is 5.81. The Labute approximate surface area is 276 Å². The fraction of sp³-hybridized carbons (Fsp3) is 0.541. The number of likely N-dealkylation sites (N-methyl/N-ethyl adjacent to an activating group) is 1. The average molecular weight is 646 g/mol. The van der Waals surface area contributed by atoms with E-state index in [-0.39, 0.29) is 36.3 Å². The van der Waals surface area contributed by atoms with Gasteiger partial charge in [0.2, 0.25) is 11.8 Å². The molecule has 2 saturated heterocycles. The van der Waals surface area contributed by atoms with E-state index >= 15 is 0 Å². The largest absolute Gasteiger partial charge is 0.445 e. The van der Waals surface area contributed by atoms with Crippen LogP contribution >= 0.6 is 0 Å². The van der Waals surface area contributed by atoms with Crippen LogP contribution in [0.1, 0.15) is 76.8 Å². The Kier molecular flexibility index (Phi) is 9.34. The first-order valence-electron chi connectivity index (χ1n) is 17.0. The van der Waals surface area contributed by atoms with Crippen molar-refractivity contribution in [3.8, 4) is 0 Å². The molecule has 1 aliphatic carbocycles. The van der Waals surface area contributed by atoms with Gasteiger partial charge in [-0.2, -0.15) is 0 Å². The van der Waals surface area contributed by atoms with E-state index in [1.54, 1.807) is 6.92 Å². The summed E-state index contributed by atoms with van der Waals surface area (Å²) in [7, 11) is 1.53. The van der Waals surface area contributed by atoms with Gasteiger partial charge in [-0.1, -0.05) is 63.9 Å². The Bertz CT molecular complexity index is 1600. The molecular formula is C37H48FN5O4. The predicted molar refractivity (Wildman–Crippen MR) is 179 cm³/mol. The van der Waals surface area contributed by atoms with Gasteiger partial charge in [-0.15, -0.1) is 0 Å². The molecule has 0 bridgehead atoms. The number of carbonyl (C=O) groups excluding carboxylic acids is 3. The highest BCUT2D eigenvalue weighted by Crippen LogP contribution is 2.46. The number of carbonyl (C=O) groups is 3. The SMILES string of the molecule is C[C@@H](C(=O)NC(C(=O)N1CCC2C1C(c1c[nH]c3cc(F)ccc13)CN2C1CCCC1)C(C)(C)C)N(C)C(=O)OCc1ccccc1. The van der Waals surface area contributed by atoms with Gasteiger partial charge < -0.3 is 19.9 Å². The number of hydrogen-bond donors (Lipinski definition) is 2. The molecule has 0 spiro atoms. The van der Waals surface area contributed by atoms with E-state index in [1.165, 1.54) is 49.8 Å². The smallest absolute Gasteiger partial charge is 0.410 e. The van der Waals surface area contributed by atoms with E-state index in [2.05, 4.69) is 15.2 Å². The average Bonchev–Trinajstić information content (AvgIpc) is 3.86. The zero-order valence-corrected chi connectivity index (χ0v) is 28.2. The molecule has 47 heavy (non-hydrogen) atoms. The van der Waals surface area contributed by atoms with Crippen LogP contribution in [0.15, 0.2) is 54.7 Å². The quantitative estimate of drug-likeness (QED) is 0.323. The molecule has 252 valence electrons. The van der Waals surface area contributed by atoms with Gasteiger partial charge in [0, 0.05) is 55.2 Å². The first-order chi connectivity index (χ1) is 22.4. The third kappa shape index (κ3) is 6.62. The third-order valence-corrected chi connectivity index (χ3v) is 10.7. The number of ether oxygens (including phenoxy) is 1. The molecule has 1 aromatic heterocycles. The molecule has 10 heteroatoms. The Morgan fingerprint density at radius 1 is 1.09 bits per heavy atom. The number of hydrogen-bond acceptors (Lipinski definition) is 5. The molecular weight excluding hydrogens is 597 g/mol. The molecule has 3 fully saturated rings. The first-order valence-corrected chi connectivity index (χ1v) is 17.0. The van der Waals surface area contributed by atoms with E-state index in [1.807, 2.05) is 68.3 Å². The standard InChI is InChI=1S/C37H48FN5O4/c1-23(41(5)36(46)47-22-24-11-7-6-8-12-24)34(44)40-33(37(2,3)4)35(45)42-18-17-31-32(42)29(21-43(31)26-13-9-10-14-26)28-20-39-30-19-25(38)15-16-27(28)30/h6-8,11-12,15-16,19-20,23,26,29,31-33,39H,9-10,13-14,17-18,21-22H2,1-5H3,(H,40,44)/t23-,29?,31?,32?,33?/m0/s1. The number of rotatable bonds is 8. The van der Waals surface area contributed by atoms with Gasteiger partial charge in [-0.05, 0) is 60.9 Å². The van der Waals surface area contributed by atoms with Gasteiger partial charge in [0.25, 0.3) is 0 Å². The Balaban J connectivity index is 1.21. The number of nitrogens with one attached hydrogen (secondary N) is 2. The molecule has 3 heterocycles. The lowest BCUT2D eigenvalue weighted by Crippen LogP contribution is -2.59. The Morgan fingerprint density at radius 2 is 1.81 bits per heavy atom. The van der Waals surface area contributed by atoms with E-state index in [4.69, 9.17) is 4.74 Å². The summed E-state index contributed by atoms with van der Waals surface area (Å²) in [5.41, 5.74) is 2.13. The Morgan fingerprint density at radius 3 is 2.51 bits per heavy atom. The summed E-state index contributed by atoms with van der Waals surface area (Å²) < 4.78 is 19.5. The fourth-order valence-corrected chi connectivity index (χ4v) is 7.97. The first kappa shape index (κ1) is 33.0. The second kappa shape index (κ2) is 13.3. The minimum Gasteiger partial charge on any atom is -0.445 e. The lowest BCUT2D eigenvalue weighted by Gasteiger charge is -2.38. The van der Waals surface area contributed by atoms with Crippen LogP contribution in [0, 0.1) is 11.2 Å². The second-order valence-electron chi connectivity index (χ2n) is 14.7. The van der Waals surface area contributed by atoms with Crippen LogP contribution < -0.4 is 5.32 Å². The number of amides is 3. The lowest BCUT2D eigenvalue weighted by atomic mass is 9.84. The van der Waals surface area contributed by atoms with Crippen molar-refractivity contribution in [2.45, 2.75) is 103 Å². The molecule has 2 N–H and O–H groups in total. The van der Waals surface area contributed by atoms with Gasteiger partial charge in [0.1, 0.15) is 24.5 Å². The molecule has 1 saturated carbocycles. The zero-order chi connectivity index (χ0) is 33.5. The molecule has 3 aromatic rings. The van der Waals surface area contributed by atoms with Crippen molar-refractivity contribution in [2.24, 2.45) is 5.41 Å². The second-order valence-corrected chi connectivity index (χ2v) is 14.7. The van der Waals surface area contributed by atoms with E-state index in [9.17, 15) is 18.8 Å². The van der Waals surface area contributed by atoms with Gasteiger partial charge in [0.05, 0.1) is 6.04 Å². The monoisotopic (exact) mass is 645 g/mol. The van der Waals surface area contributed by atoms with Crippen LogP contribution in [-0.4, -0.2) is 87.9 Å². The molecule has 3 aliphatic rings. The van der Waals surface area contributed by atoms with Crippen molar-refractivity contribution in [3.05, 3.63) is 71.7 Å². The van der Waals surface area contributed by atoms with E-state index in [0.717, 1.165) is 35.0 Å². The Hall–Kier alpha value is -3.92. The molecule has 0 radical (unpaired) electrons. The number of benzene rings is 2. The summed E-state index contributed by atoms with van der Waals surface area (Å²) in [5.74, 6) is -0.757. The van der Waals surface area contributed by atoms with Gasteiger partial charge in [-0.3, -0.25) is 19.4 Å². The molecule has 9 nitrogen and oxygen atoms in total. The summed E-state index contributed by atoms with van der Waals surface area (Å²) in [6.45, 7) is 9.05. The molecule has 2 aromatic carbocycles. The number of halogens is 1. The summed E-state index contributed by atoms with van der Waals surface area (Å²) in [5, 5.41) is 4.02. The molecule has 5 atom stereocenters. The van der Waals surface area contributed by atoms with Crippen LogP contribution in [0.5, 0.6) is 0 Å². The van der Waals surface area contributed by atoms with Crippen molar-refractivity contribution < 1.29 is 23.5 Å². The number of H-pyrrole nitrogens is 1. The van der Waals surface area contributed by atoms with Crippen LogP contribution in [0.4, 0.5) is 9.18 Å². The highest BCUT2D eigenvalue weighted by molar-refractivity contribution is 5.92. The summed E-state index contributed by atoms with van der Waals surface area (Å²) in [6, 6.07) is 13.2. The fourth-order valence-electron chi connectivity index (χ4n) is 7.97. The number of aromatic amines is 1. The zero-order valence-electron chi connectivity index (χ0n) is 28.2. The maximum atomic E-state index is 14.6. The van der Waals surface area contributed by atoms with Crippen molar-refractivity contribution in [1.82, 2.24) is 25.0 Å². The summed E-state index contributed by atoms with van der Waals surface area (Å²) in [4.78, 5) is 50.3. The van der Waals surface area contributed by atoms with Crippen LogP contribution in [0.2, 0.25) is 0 Å². The minimum absolute atomic E-state index is 0.0482. The number of nitrogens with zero attached hydrogens (tertiary/aromatic N) is 3. The van der Waals surface area contributed by atoms with Crippen LogP contribution in [0.25, 0.3) is 10.9 Å². The van der Waals surface area contributed by atoms with Crippen molar-refractivity contribution in [2.75, 3.05) is 20.1 Å². The maximum Gasteiger partial charge on any atom is 0.410 e. The highest BCUT2D eigenvalue weighted by atomic mass is 19.1. The van der Waals surface area contributed by atoms with Crippen LogP contribution in [0.3, 0.4) is 0 Å². The summed E-state index contributed by atoms with van der Waals surface area (Å²) >= 11 is 0. The van der Waals surface area contributed by atoms with E-state index in [0.29, 0.717) is 12.6 Å². The van der Waals surface area contributed by atoms with E-state index < -0.39 is 29.5 Å². The topological polar surface area (TPSA) is 98.0 Å². The van der Waals surface area contributed by atoms with Crippen LogP contribution in [-0.2, 0) is 20.9 Å². The summed E-state index contributed by atoms with van der Waals surface area (Å²) in [6.07, 6.45) is 7.04. The van der Waals surface area contributed by atoms with Gasteiger partial charge in [-0.25, -0.2) is 9.18 Å².